The van der Waals surface area contributed by atoms with Crippen LogP contribution < -0.4 is 9.62 Å². The predicted octanol–water partition coefficient (Wildman–Crippen LogP) is 4.76. The summed E-state index contributed by atoms with van der Waals surface area (Å²) >= 11 is 0. The van der Waals surface area contributed by atoms with Crippen molar-refractivity contribution in [2.45, 2.75) is 45.1 Å². The Morgan fingerprint density at radius 3 is 2.38 bits per heavy atom. The normalized spacial score (nSPS) is 12.9. The van der Waals surface area contributed by atoms with Gasteiger partial charge in [0.1, 0.15) is 0 Å². The Morgan fingerprint density at radius 2 is 1.76 bits per heavy atom. The number of aromatic amines is 1. The fraction of sp³-hybridized carbons (Fsp3) is 0.318. The molecule has 0 radical (unpaired) electrons. The van der Waals surface area contributed by atoms with Crippen LogP contribution in [0.3, 0.4) is 0 Å². The van der Waals surface area contributed by atoms with Crippen LogP contribution in [0.4, 0.5) is 11.4 Å². The Kier molecular flexibility index (Phi) is 5.98. The fourth-order valence-electron chi connectivity index (χ4n) is 3.61. The third kappa shape index (κ3) is 4.62. The molecule has 2 aromatic carbocycles. The maximum absolute atomic E-state index is 13.6. The van der Waals surface area contributed by atoms with E-state index in [4.69, 9.17) is 0 Å². The van der Waals surface area contributed by atoms with E-state index in [-0.39, 0.29) is 16.8 Å². The molecule has 1 atom stereocenters. The van der Waals surface area contributed by atoms with Crippen LogP contribution in [-0.2, 0) is 14.8 Å². The minimum atomic E-state index is -3.79. The van der Waals surface area contributed by atoms with E-state index in [1.165, 1.54) is 23.4 Å². The number of fused-ring (bicyclic) bond motifs is 1. The highest BCUT2D eigenvalue weighted by Crippen LogP contribution is 2.31. The molecule has 1 heterocycles. The lowest BCUT2D eigenvalue weighted by Gasteiger charge is -2.31. The Balaban J connectivity index is 2.05. The molecule has 0 saturated carbocycles. The van der Waals surface area contributed by atoms with Crippen molar-refractivity contribution in [1.29, 1.82) is 0 Å². The van der Waals surface area contributed by atoms with Crippen LogP contribution in [0, 0.1) is 5.92 Å². The number of benzene rings is 2. The summed E-state index contributed by atoms with van der Waals surface area (Å²) in [7, 11) is -3.79. The van der Waals surface area contributed by atoms with Crippen molar-refractivity contribution < 1.29 is 13.2 Å². The van der Waals surface area contributed by atoms with E-state index in [0.29, 0.717) is 17.3 Å². The zero-order valence-corrected chi connectivity index (χ0v) is 18.0. The molecule has 2 N–H and O–H groups in total. The van der Waals surface area contributed by atoms with Gasteiger partial charge in [-0.15, -0.1) is 0 Å². The second kappa shape index (κ2) is 8.29. The highest BCUT2D eigenvalue weighted by Gasteiger charge is 2.30. The summed E-state index contributed by atoms with van der Waals surface area (Å²) in [6.07, 6.45) is 2.57. The van der Waals surface area contributed by atoms with Gasteiger partial charge in [0.2, 0.25) is 5.91 Å². The molecule has 0 unspecified atom stereocenters. The summed E-state index contributed by atoms with van der Waals surface area (Å²) < 4.78 is 28.7. The van der Waals surface area contributed by atoms with Crippen LogP contribution in [0.1, 0.15) is 34.1 Å². The molecule has 0 fully saturated rings. The number of aromatic nitrogens is 1. The lowest BCUT2D eigenvalue weighted by Crippen LogP contribution is -2.39. The minimum Gasteiger partial charge on any atom is -0.361 e. The summed E-state index contributed by atoms with van der Waals surface area (Å²) in [5, 5.41) is 3.62. The average molecular weight is 414 g/mol. The van der Waals surface area contributed by atoms with Gasteiger partial charge in [0.05, 0.1) is 10.6 Å². The number of hydrogen-bond donors (Lipinski definition) is 2. The highest BCUT2D eigenvalue weighted by molar-refractivity contribution is 7.92. The number of hydrogen-bond acceptors (Lipinski definition) is 3. The molecule has 3 aromatic rings. The lowest BCUT2D eigenvalue weighted by atomic mass is 10.0. The first-order valence-electron chi connectivity index (χ1n) is 9.67. The molecule has 0 spiro atoms. The van der Waals surface area contributed by atoms with E-state index < -0.39 is 10.0 Å². The quantitative estimate of drug-likeness (QED) is 0.586. The molecule has 0 aliphatic heterocycles. The van der Waals surface area contributed by atoms with Crippen molar-refractivity contribution >= 4 is 38.2 Å². The van der Waals surface area contributed by atoms with Gasteiger partial charge in [0.15, 0.2) is 0 Å². The number of anilines is 2. The largest absolute Gasteiger partial charge is 0.361 e. The van der Waals surface area contributed by atoms with E-state index in [0.717, 1.165) is 17.3 Å². The SMILES string of the molecule is CC(=O)Nc1ccc(S(=O)(=O)N(c2ccc3[nH]ccc3c2)[C@H](C)CC(C)C)cc1. The average Bonchev–Trinajstić information content (AvgIpc) is 3.08. The second-order valence-electron chi connectivity index (χ2n) is 7.73. The summed E-state index contributed by atoms with van der Waals surface area (Å²) in [5.74, 6) is 0.147. The Bertz CT molecular complexity index is 1100. The first kappa shape index (κ1) is 20.9. The first-order valence-corrected chi connectivity index (χ1v) is 11.1. The third-order valence-electron chi connectivity index (χ3n) is 4.74. The lowest BCUT2D eigenvalue weighted by molar-refractivity contribution is -0.114. The van der Waals surface area contributed by atoms with E-state index in [1.807, 2.05) is 37.4 Å². The van der Waals surface area contributed by atoms with Crippen molar-refractivity contribution in [3.05, 3.63) is 54.7 Å². The predicted molar refractivity (Wildman–Crippen MR) is 118 cm³/mol. The number of carbonyl (C=O) groups excluding carboxylic acids is 1. The Hall–Kier alpha value is -2.80. The van der Waals surface area contributed by atoms with E-state index >= 15 is 0 Å². The van der Waals surface area contributed by atoms with Gasteiger partial charge in [-0.25, -0.2) is 8.42 Å². The van der Waals surface area contributed by atoms with Gasteiger partial charge in [-0.05, 0) is 67.8 Å². The second-order valence-corrected chi connectivity index (χ2v) is 9.55. The molecule has 0 saturated heterocycles. The highest BCUT2D eigenvalue weighted by atomic mass is 32.2. The number of nitrogens with one attached hydrogen (secondary N) is 2. The van der Waals surface area contributed by atoms with Gasteiger partial charge in [0.25, 0.3) is 10.0 Å². The third-order valence-corrected chi connectivity index (χ3v) is 6.69. The smallest absolute Gasteiger partial charge is 0.264 e. The molecule has 0 bridgehead atoms. The van der Waals surface area contributed by atoms with Gasteiger partial charge >= 0.3 is 0 Å². The zero-order valence-electron chi connectivity index (χ0n) is 17.1. The van der Waals surface area contributed by atoms with E-state index in [9.17, 15) is 13.2 Å². The summed E-state index contributed by atoms with van der Waals surface area (Å²) in [4.78, 5) is 14.6. The molecule has 29 heavy (non-hydrogen) atoms. The zero-order chi connectivity index (χ0) is 21.2. The van der Waals surface area contributed by atoms with Gasteiger partial charge in [-0.1, -0.05) is 13.8 Å². The molecule has 3 rings (SSSR count). The van der Waals surface area contributed by atoms with Crippen LogP contribution in [0.5, 0.6) is 0 Å². The molecule has 0 aliphatic carbocycles. The Labute approximate surface area is 172 Å². The molecule has 0 aliphatic rings. The molecular weight excluding hydrogens is 386 g/mol. The van der Waals surface area contributed by atoms with Crippen molar-refractivity contribution in [2.75, 3.05) is 9.62 Å². The van der Waals surface area contributed by atoms with Gasteiger partial charge < -0.3 is 10.3 Å². The van der Waals surface area contributed by atoms with Gasteiger partial charge in [-0.2, -0.15) is 0 Å². The van der Waals surface area contributed by atoms with Crippen LogP contribution in [0.15, 0.2) is 59.6 Å². The summed E-state index contributed by atoms with van der Waals surface area (Å²) in [6, 6.07) is 13.6. The Morgan fingerprint density at radius 1 is 1.07 bits per heavy atom. The topological polar surface area (TPSA) is 82.3 Å². The van der Waals surface area contributed by atoms with Crippen molar-refractivity contribution in [2.24, 2.45) is 5.92 Å². The van der Waals surface area contributed by atoms with Crippen molar-refractivity contribution in [3.63, 3.8) is 0 Å². The standard InChI is InChI=1S/C22H27N3O3S/c1-15(2)13-16(3)25(20-7-10-22-18(14-20)11-12-23-22)29(27,28)21-8-5-19(6-9-21)24-17(4)26/h5-12,14-16,23H,13H2,1-4H3,(H,24,26)/t16-/m1/s1. The maximum Gasteiger partial charge on any atom is 0.264 e. The minimum absolute atomic E-state index is 0.191. The van der Waals surface area contributed by atoms with Crippen molar-refractivity contribution in [3.8, 4) is 0 Å². The summed E-state index contributed by atoms with van der Waals surface area (Å²) in [5.41, 5.74) is 2.16. The number of H-pyrrole nitrogens is 1. The number of nitrogens with zero attached hydrogens (tertiary/aromatic N) is 1. The number of rotatable bonds is 7. The van der Waals surface area contributed by atoms with Crippen LogP contribution in [0.2, 0.25) is 0 Å². The maximum atomic E-state index is 13.6. The molecular formula is C22H27N3O3S. The van der Waals surface area contributed by atoms with Crippen LogP contribution in [-0.4, -0.2) is 25.4 Å². The van der Waals surface area contributed by atoms with E-state index in [2.05, 4.69) is 24.1 Å². The molecule has 6 nitrogen and oxygen atoms in total. The van der Waals surface area contributed by atoms with Crippen molar-refractivity contribution in [1.82, 2.24) is 4.98 Å². The summed E-state index contributed by atoms with van der Waals surface area (Å²) in [6.45, 7) is 7.51. The number of carbonyl (C=O) groups is 1. The molecule has 1 amide bonds. The van der Waals surface area contributed by atoms with Crippen LogP contribution in [0.25, 0.3) is 10.9 Å². The fourth-order valence-corrected chi connectivity index (χ4v) is 5.27. The van der Waals surface area contributed by atoms with E-state index in [1.54, 1.807) is 12.1 Å². The van der Waals surface area contributed by atoms with Gasteiger partial charge in [-0.3, -0.25) is 9.10 Å². The monoisotopic (exact) mass is 413 g/mol. The number of amides is 1. The van der Waals surface area contributed by atoms with Crippen LogP contribution >= 0.6 is 0 Å². The van der Waals surface area contributed by atoms with Gasteiger partial charge in [0, 0.05) is 35.8 Å². The molecule has 1 aromatic heterocycles. The number of sulfonamides is 1. The molecule has 7 heteroatoms. The molecule has 154 valence electrons. The first-order chi connectivity index (χ1) is 13.7.